The molecule has 0 saturated carbocycles. The normalized spacial score (nSPS) is 11.7. The molecule has 0 saturated heterocycles. The Hall–Kier alpha value is -2.83. The molecule has 2 aromatic carbocycles. The van der Waals surface area contributed by atoms with Gasteiger partial charge in [-0.15, -0.1) is 0 Å². The lowest BCUT2D eigenvalue weighted by atomic mass is 10.0. The molecule has 0 heterocycles. The zero-order valence-corrected chi connectivity index (χ0v) is 16.7. The second kappa shape index (κ2) is 9.39. The number of nitrogens with zero attached hydrogens (tertiary/aromatic N) is 1. The first kappa shape index (κ1) is 21.5. The van der Waals surface area contributed by atoms with Crippen molar-refractivity contribution in [1.29, 1.82) is 0 Å². The van der Waals surface area contributed by atoms with E-state index in [4.69, 9.17) is 14.2 Å². The van der Waals surface area contributed by atoms with E-state index in [1.54, 1.807) is 26.1 Å². The number of carbonyl (C=O) groups is 1. The largest absolute Gasteiger partial charge is 0.493 e. The molecule has 5 nitrogen and oxygen atoms in total. The quantitative estimate of drug-likeness (QED) is 0.676. The maximum absolute atomic E-state index is 13.5. The number of methoxy groups -OCH3 is 3. The van der Waals surface area contributed by atoms with Crippen molar-refractivity contribution in [2.24, 2.45) is 0 Å². The van der Waals surface area contributed by atoms with Gasteiger partial charge in [0.25, 0.3) is 0 Å². The molecule has 0 spiro atoms. The summed E-state index contributed by atoms with van der Waals surface area (Å²) in [7, 11) is 6.23. The number of halogens is 2. The monoisotopic (exact) mass is 393 g/mol. The van der Waals surface area contributed by atoms with E-state index in [0.29, 0.717) is 29.2 Å². The fourth-order valence-electron chi connectivity index (χ4n) is 2.92. The standard InChI is InChI=1S/C21H25F2NO4/c1-13(15-7-8-16(22)17(23)12-15)24(2)20(25)9-6-14-10-18(26-3)21(28-5)19(11-14)27-4/h7-8,10-13H,6,9H2,1-5H3. The third kappa shape index (κ3) is 4.71. The average molecular weight is 393 g/mol. The van der Waals surface area contributed by atoms with Gasteiger partial charge < -0.3 is 19.1 Å². The summed E-state index contributed by atoms with van der Waals surface area (Å²) < 4.78 is 42.5. The zero-order chi connectivity index (χ0) is 20.8. The molecule has 0 N–H and O–H groups in total. The molecule has 0 fully saturated rings. The van der Waals surface area contributed by atoms with Crippen LogP contribution < -0.4 is 14.2 Å². The first-order chi connectivity index (χ1) is 13.3. The van der Waals surface area contributed by atoms with E-state index in [2.05, 4.69) is 0 Å². The predicted molar refractivity (Wildman–Crippen MR) is 102 cm³/mol. The Bertz CT molecular complexity index is 816. The highest BCUT2D eigenvalue weighted by molar-refractivity contribution is 5.76. The number of aryl methyl sites for hydroxylation is 1. The summed E-state index contributed by atoms with van der Waals surface area (Å²) in [5.74, 6) is -0.425. The number of amides is 1. The summed E-state index contributed by atoms with van der Waals surface area (Å²) in [5.41, 5.74) is 1.39. The number of rotatable bonds is 8. The van der Waals surface area contributed by atoms with E-state index in [9.17, 15) is 13.6 Å². The lowest BCUT2D eigenvalue weighted by molar-refractivity contribution is -0.131. The van der Waals surface area contributed by atoms with E-state index < -0.39 is 11.6 Å². The molecule has 1 atom stereocenters. The molecule has 0 radical (unpaired) electrons. The van der Waals surface area contributed by atoms with Gasteiger partial charge in [0, 0.05) is 13.5 Å². The molecule has 7 heteroatoms. The zero-order valence-electron chi connectivity index (χ0n) is 16.7. The highest BCUT2D eigenvalue weighted by atomic mass is 19.2. The van der Waals surface area contributed by atoms with Crippen molar-refractivity contribution >= 4 is 5.91 Å². The third-order valence-corrected chi connectivity index (χ3v) is 4.75. The second-order valence-electron chi connectivity index (χ2n) is 6.39. The van der Waals surface area contributed by atoms with Crippen molar-refractivity contribution in [1.82, 2.24) is 4.90 Å². The molecule has 2 rings (SSSR count). The molecular weight excluding hydrogens is 368 g/mol. The van der Waals surface area contributed by atoms with Crippen molar-refractivity contribution < 1.29 is 27.8 Å². The van der Waals surface area contributed by atoms with E-state index in [-0.39, 0.29) is 18.4 Å². The van der Waals surface area contributed by atoms with Crippen LogP contribution in [-0.2, 0) is 11.2 Å². The van der Waals surface area contributed by atoms with Crippen LogP contribution in [0.1, 0.15) is 30.5 Å². The molecule has 0 aliphatic carbocycles. The van der Waals surface area contributed by atoms with Crippen LogP contribution in [-0.4, -0.2) is 39.2 Å². The van der Waals surface area contributed by atoms with Gasteiger partial charge in [0.2, 0.25) is 11.7 Å². The van der Waals surface area contributed by atoms with Crippen molar-refractivity contribution in [2.45, 2.75) is 25.8 Å². The maximum Gasteiger partial charge on any atom is 0.223 e. The minimum Gasteiger partial charge on any atom is -0.493 e. The topological polar surface area (TPSA) is 48.0 Å². The van der Waals surface area contributed by atoms with Crippen LogP contribution in [0.5, 0.6) is 17.2 Å². The lowest BCUT2D eigenvalue weighted by Gasteiger charge is -2.25. The summed E-state index contributed by atoms with van der Waals surface area (Å²) in [6, 6.07) is 6.87. The molecular formula is C21H25F2NO4. The van der Waals surface area contributed by atoms with Crippen LogP contribution in [0.3, 0.4) is 0 Å². The van der Waals surface area contributed by atoms with Gasteiger partial charge in [-0.2, -0.15) is 0 Å². The fraction of sp³-hybridized carbons (Fsp3) is 0.381. The molecule has 28 heavy (non-hydrogen) atoms. The highest BCUT2D eigenvalue weighted by Crippen LogP contribution is 2.38. The van der Waals surface area contributed by atoms with Gasteiger partial charge in [0.1, 0.15) is 0 Å². The van der Waals surface area contributed by atoms with Gasteiger partial charge in [0.05, 0.1) is 27.4 Å². The fourth-order valence-corrected chi connectivity index (χ4v) is 2.92. The smallest absolute Gasteiger partial charge is 0.223 e. The van der Waals surface area contributed by atoms with Gasteiger partial charge in [-0.3, -0.25) is 4.79 Å². The van der Waals surface area contributed by atoms with Crippen LogP contribution in [0.25, 0.3) is 0 Å². The number of benzene rings is 2. The van der Waals surface area contributed by atoms with Crippen molar-refractivity contribution in [2.75, 3.05) is 28.4 Å². The Morgan fingerprint density at radius 2 is 1.61 bits per heavy atom. The second-order valence-corrected chi connectivity index (χ2v) is 6.39. The lowest BCUT2D eigenvalue weighted by Crippen LogP contribution is -2.29. The third-order valence-electron chi connectivity index (χ3n) is 4.75. The van der Waals surface area contributed by atoms with Gasteiger partial charge in [-0.05, 0) is 48.7 Å². The summed E-state index contributed by atoms with van der Waals surface area (Å²) in [6.45, 7) is 1.77. The highest BCUT2D eigenvalue weighted by Gasteiger charge is 2.19. The number of hydrogen-bond acceptors (Lipinski definition) is 4. The number of hydrogen-bond donors (Lipinski definition) is 0. The van der Waals surface area contributed by atoms with Crippen LogP contribution in [0.4, 0.5) is 8.78 Å². The molecule has 152 valence electrons. The molecule has 0 aromatic heterocycles. The Labute approximate surface area is 163 Å². The minimum absolute atomic E-state index is 0.119. The summed E-state index contributed by atoms with van der Waals surface area (Å²) in [4.78, 5) is 14.1. The molecule has 1 amide bonds. The number of ether oxygens (including phenoxy) is 3. The van der Waals surface area contributed by atoms with Gasteiger partial charge in [-0.25, -0.2) is 8.78 Å². The van der Waals surface area contributed by atoms with Crippen molar-refractivity contribution in [3.8, 4) is 17.2 Å². The molecule has 0 bridgehead atoms. The summed E-state index contributed by atoms with van der Waals surface area (Å²) >= 11 is 0. The molecule has 0 aliphatic rings. The maximum atomic E-state index is 13.5. The Kier molecular flexibility index (Phi) is 7.20. The van der Waals surface area contributed by atoms with Gasteiger partial charge in [-0.1, -0.05) is 6.07 Å². The van der Waals surface area contributed by atoms with Crippen LogP contribution in [0.2, 0.25) is 0 Å². The van der Waals surface area contributed by atoms with Crippen LogP contribution in [0, 0.1) is 11.6 Å². The van der Waals surface area contributed by atoms with E-state index in [0.717, 1.165) is 17.7 Å². The van der Waals surface area contributed by atoms with Crippen LogP contribution in [0.15, 0.2) is 30.3 Å². The van der Waals surface area contributed by atoms with Gasteiger partial charge in [0.15, 0.2) is 23.1 Å². The average Bonchev–Trinajstić information content (AvgIpc) is 2.71. The molecule has 1 unspecified atom stereocenters. The first-order valence-corrected chi connectivity index (χ1v) is 8.81. The predicted octanol–water partition coefficient (Wildman–Crippen LogP) is 4.14. The van der Waals surface area contributed by atoms with Crippen molar-refractivity contribution in [3.05, 3.63) is 53.1 Å². The SMILES string of the molecule is COc1cc(CCC(=O)N(C)C(C)c2ccc(F)c(F)c2)cc(OC)c1OC. The van der Waals surface area contributed by atoms with E-state index in [1.165, 1.54) is 32.3 Å². The van der Waals surface area contributed by atoms with E-state index >= 15 is 0 Å². The Morgan fingerprint density at radius 1 is 1.00 bits per heavy atom. The first-order valence-electron chi connectivity index (χ1n) is 8.81. The summed E-state index contributed by atoms with van der Waals surface area (Å²) in [6.07, 6.45) is 0.702. The number of carbonyl (C=O) groups excluding carboxylic acids is 1. The molecule has 2 aromatic rings. The minimum atomic E-state index is -0.928. The van der Waals surface area contributed by atoms with Crippen LogP contribution >= 0.6 is 0 Å². The Morgan fingerprint density at radius 3 is 2.11 bits per heavy atom. The molecule has 0 aliphatic heterocycles. The Balaban J connectivity index is 2.09. The summed E-state index contributed by atoms with van der Waals surface area (Å²) in [5, 5.41) is 0. The van der Waals surface area contributed by atoms with Crippen molar-refractivity contribution in [3.63, 3.8) is 0 Å². The van der Waals surface area contributed by atoms with E-state index in [1.807, 2.05) is 0 Å². The van der Waals surface area contributed by atoms with Gasteiger partial charge >= 0.3 is 0 Å².